The highest BCUT2D eigenvalue weighted by molar-refractivity contribution is 14.1. The molecule has 0 unspecified atom stereocenters. The van der Waals surface area contributed by atoms with Gasteiger partial charge in [-0.3, -0.25) is 0 Å². The molecule has 0 N–H and O–H groups in total. The van der Waals surface area contributed by atoms with E-state index in [4.69, 9.17) is 0 Å². The van der Waals surface area contributed by atoms with Gasteiger partial charge in [0.05, 0.1) is 0 Å². The van der Waals surface area contributed by atoms with E-state index in [2.05, 4.69) is 57.3 Å². The Morgan fingerprint density at radius 2 is 1.08 bits per heavy atom. The van der Waals surface area contributed by atoms with E-state index < -0.39 is 0 Å². The van der Waals surface area contributed by atoms with Crippen LogP contribution < -0.4 is 0 Å². The maximum Gasteiger partial charge on any atom is -0.000462 e. The van der Waals surface area contributed by atoms with Crippen molar-refractivity contribution < 1.29 is 0 Å². The van der Waals surface area contributed by atoms with Crippen LogP contribution in [0.2, 0.25) is 0 Å². The molecule has 0 saturated carbocycles. The first kappa shape index (κ1) is 14.2. The van der Waals surface area contributed by atoms with E-state index in [0.717, 1.165) is 0 Å². The van der Waals surface area contributed by atoms with Crippen molar-refractivity contribution in [2.45, 2.75) is 44.9 Å². The molecule has 0 aliphatic rings. The Morgan fingerprint density at radius 3 is 1.62 bits per heavy atom. The third-order valence-corrected chi connectivity index (χ3v) is 3.45. The van der Waals surface area contributed by atoms with Crippen molar-refractivity contribution in [3.63, 3.8) is 0 Å². The number of unbranched alkanes of at least 4 members (excludes halogenated alkanes) is 5. The van der Waals surface area contributed by atoms with Gasteiger partial charge in [0.1, 0.15) is 0 Å². The molecule has 0 aliphatic heterocycles. The molecule has 0 fully saturated rings. The van der Waals surface area contributed by atoms with Gasteiger partial charge in [0.25, 0.3) is 0 Å². The molecule has 0 saturated heterocycles. The first-order valence-electron chi connectivity index (χ1n) is 5.18. The number of halogens is 2. The van der Waals surface area contributed by atoms with Crippen LogP contribution in [0.15, 0.2) is 12.2 Å². The summed E-state index contributed by atoms with van der Waals surface area (Å²) in [6, 6.07) is 0. The lowest BCUT2D eigenvalue weighted by Gasteiger charge is -1.94. The minimum Gasteiger partial charge on any atom is -0.0885 e. The van der Waals surface area contributed by atoms with Gasteiger partial charge in [0.2, 0.25) is 0 Å². The highest BCUT2D eigenvalue weighted by Gasteiger charge is 1.85. The van der Waals surface area contributed by atoms with Crippen LogP contribution in [-0.2, 0) is 0 Å². The first-order chi connectivity index (χ1) is 6.41. The molecule has 0 aromatic rings. The van der Waals surface area contributed by atoms with Crippen LogP contribution in [0.3, 0.4) is 0 Å². The van der Waals surface area contributed by atoms with Crippen molar-refractivity contribution in [3.8, 4) is 0 Å². The molecule has 0 amide bonds. The molecule has 0 rings (SSSR count). The predicted octanol–water partition coefficient (Wildman–Crippen LogP) is 5.14. The lowest BCUT2D eigenvalue weighted by Crippen LogP contribution is -1.77. The summed E-state index contributed by atoms with van der Waals surface area (Å²) >= 11 is 4.90. The molecule has 0 radical (unpaired) electrons. The quantitative estimate of drug-likeness (QED) is 0.215. The average Bonchev–Trinajstić information content (AvgIpc) is 2.16. The molecule has 0 aromatic heterocycles. The van der Waals surface area contributed by atoms with Gasteiger partial charge in [0.15, 0.2) is 0 Å². The molecule has 0 aromatic carbocycles. The summed E-state index contributed by atoms with van der Waals surface area (Å²) in [5.41, 5.74) is 0. The highest BCUT2D eigenvalue weighted by Crippen LogP contribution is 2.04. The maximum absolute atomic E-state index is 2.45. The van der Waals surface area contributed by atoms with Gasteiger partial charge in [-0.2, -0.15) is 0 Å². The highest BCUT2D eigenvalue weighted by atomic mass is 127. The van der Waals surface area contributed by atoms with Gasteiger partial charge in [-0.15, -0.1) is 0 Å². The van der Waals surface area contributed by atoms with Crippen LogP contribution in [0.25, 0.3) is 0 Å². The predicted molar refractivity (Wildman–Crippen MR) is 79.2 cm³/mol. The van der Waals surface area contributed by atoms with Crippen molar-refractivity contribution in [2.75, 3.05) is 8.86 Å². The summed E-state index contributed by atoms with van der Waals surface area (Å²) < 4.78 is 2.62. The van der Waals surface area contributed by atoms with E-state index in [1.54, 1.807) is 0 Å². The Kier molecular flexibility index (Phi) is 14.4. The minimum absolute atomic E-state index is 1.29. The molecule has 78 valence electrons. The fourth-order valence-corrected chi connectivity index (χ4v) is 2.20. The van der Waals surface area contributed by atoms with Crippen LogP contribution in [0.5, 0.6) is 0 Å². The number of hydrogen-bond donors (Lipinski definition) is 0. The summed E-state index contributed by atoms with van der Waals surface area (Å²) in [7, 11) is 0. The van der Waals surface area contributed by atoms with Gasteiger partial charge in [-0.1, -0.05) is 63.8 Å². The van der Waals surface area contributed by atoms with Crippen LogP contribution in [-0.4, -0.2) is 8.86 Å². The zero-order chi connectivity index (χ0) is 9.78. The summed E-state index contributed by atoms with van der Waals surface area (Å²) in [6.45, 7) is 0. The average molecular weight is 406 g/mol. The molecule has 0 aliphatic carbocycles. The minimum atomic E-state index is 1.29. The lowest BCUT2D eigenvalue weighted by atomic mass is 10.2. The second-order valence-electron chi connectivity index (χ2n) is 3.19. The Bertz CT molecular complexity index is 111. The Labute approximate surface area is 110 Å². The molecule has 0 nitrogen and oxygen atoms in total. The van der Waals surface area contributed by atoms with Crippen molar-refractivity contribution in [2.24, 2.45) is 0 Å². The summed E-state index contributed by atoms with van der Waals surface area (Å²) in [6.07, 6.45) is 14.2. The van der Waals surface area contributed by atoms with Crippen molar-refractivity contribution >= 4 is 45.2 Å². The van der Waals surface area contributed by atoms with Gasteiger partial charge in [0, 0.05) is 0 Å². The zero-order valence-electron chi connectivity index (χ0n) is 8.27. The Morgan fingerprint density at radius 1 is 0.615 bits per heavy atom. The number of alkyl halides is 2. The molecule has 0 atom stereocenters. The van der Waals surface area contributed by atoms with Gasteiger partial charge >= 0.3 is 0 Å². The van der Waals surface area contributed by atoms with E-state index >= 15 is 0 Å². The lowest BCUT2D eigenvalue weighted by molar-refractivity contribution is 0.736. The standard InChI is InChI=1S/C11H20I2/c12-10-8-6-4-2-1-3-5-7-9-11-13/h1-2H,3-11H2. The number of allylic oxidation sites excluding steroid dienone is 2. The number of hydrogen-bond acceptors (Lipinski definition) is 0. The van der Waals surface area contributed by atoms with Gasteiger partial charge < -0.3 is 0 Å². The Balaban J connectivity index is 2.95. The van der Waals surface area contributed by atoms with Crippen molar-refractivity contribution in [1.82, 2.24) is 0 Å². The molecule has 0 bridgehead atoms. The molecule has 13 heavy (non-hydrogen) atoms. The second-order valence-corrected chi connectivity index (χ2v) is 5.35. The van der Waals surface area contributed by atoms with Crippen molar-refractivity contribution in [1.29, 1.82) is 0 Å². The molecular formula is C11H20I2. The van der Waals surface area contributed by atoms with E-state index in [-0.39, 0.29) is 0 Å². The van der Waals surface area contributed by atoms with Gasteiger partial charge in [-0.25, -0.2) is 0 Å². The van der Waals surface area contributed by atoms with Crippen molar-refractivity contribution in [3.05, 3.63) is 12.2 Å². The molecule has 0 spiro atoms. The second kappa shape index (κ2) is 13.2. The van der Waals surface area contributed by atoms with E-state index in [1.807, 2.05) is 0 Å². The van der Waals surface area contributed by atoms with Crippen LogP contribution in [0.4, 0.5) is 0 Å². The number of rotatable bonds is 9. The fraction of sp³-hybridized carbons (Fsp3) is 0.818. The van der Waals surface area contributed by atoms with Crippen LogP contribution >= 0.6 is 45.2 Å². The molecule has 0 heterocycles. The van der Waals surface area contributed by atoms with Crippen LogP contribution in [0.1, 0.15) is 44.9 Å². The molecular weight excluding hydrogens is 386 g/mol. The van der Waals surface area contributed by atoms with E-state index in [1.165, 1.54) is 53.8 Å². The zero-order valence-corrected chi connectivity index (χ0v) is 12.6. The molecule has 2 heteroatoms. The summed E-state index contributed by atoms with van der Waals surface area (Å²) in [5, 5.41) is 0. The first-order valence-corrected chi connectivity index (χ1v) is 8.24. The van der Waals surface area contributed by atoms with E-state index in [0.29, 0.717) is 0 Å². The monoisotopic (exact) mass is 406 g/mol. The summed E-state index contributed by atoms with van der Waals surface area (Å²) in [4.78, 5) is 0. The largest absolute Gasteiger partial charge is 0.0885 e. The smallest absolute Gasteiger partial charge is 0.000462 e. The van der Waals surface area contributed by atoms with Gasteiger partial charge in [-0.05, 0) is 47.4 Å². The van der Waals surface area contributed by atoms with Crippen LogP contribution in [0, 0.1) is 0 Å². The third-order valence-electron chi connectivity index (χ3n) is 1.93. The topological polar surface area (TPSA) is 0 Å². The summed E-state index contributed by atoms with van der Waals surface area (Å²) in [5.74, 6) is 0. The van der Waals surface area contributed by atoms with E-state index in [9.17, 15) is 0 Å². The Hall–Kier alpha value is 1.20. The fourth-order valence-electron chi connectivity index (χ4n) is 1.13. The normalized spacial score (nSPS) is 11.2. The third kappa shape index (κ3) is 13.2. The maximum atomic E-state index is 2.45. The SMILES string of the molecule is ICCCCC=CCCCCCI.